The number of hydrogen-bond acceptors (Lipinski definition) is 2. The van der Waals surface area contributed by atoms with Crippen LogP contribution >= 0.6 is 0 Å². The highest BCUT2D eigenvalue weighted by atomic mass is 16.1. The van der Waals surface area contributed by atoms with E-state index >= 15 is 0 Å². The lowest BCUT2D eigenvalue weighted by Gasteiger charge is -2.18. The first-order valence-electron chi connectivity index (χ1n) is 8.44. The van der Waals surface area contributed by atoms with Crippen LogP contribution in [0.25, 0.3) is 0 Å². The van der Waals surface area contributed by atoms with Gasteiger partial charge in [-0.2, -0.15) is 0 Å². The van der Waals surface area contributed by atoms with Crippen LogP contribution in [-0.2, 0) is 12.8 Å². The van der Waals surface area contributed by atoms with Crippen LogP contribution in [0.5, 0.6) is 0 Å². The Hall–Kier alpha value is -2.09. The normalized spacial score (nSPS) is 11.0. The van der Waals surface area contributed by atoms with Crippen molar-refractivity contribution in [1.29, 1.82) is 0 Å². The smallest absolute Gasteiger partial charge is 0.201 e. The Kier molecular flexibility index (Phi) is 5.97. The summed E-state index contributed by atoms with van der Waals surface area (Å²) in [5.41, 5.74) is 4.33. The predicted octanol–water partition coefficient (Wildman–Crippen LogP) is 5.19. The predicted molar refractivity (Wildman–Crippen MR) is 99.5 cm³/mol. The van der Waals surface area contributed by atoms with Gasteiger partial charge in [0.2, 0.25) is 5.43 Å². The van der Waals surface area contributed by atoms with Crippen molar-refractivity contribution in [2.45, 2.75) is 40.5 Å². The molecule has 0 atom stereocenters. The summed E-state index contributed by atoms with van der Waals surface area (Å²) >= 11 is 0. The molecule has 23 heavy (non-hydrogen) atoms. The van der Waals surface area contributed by atoms with E-state index in [1.54, 1.807) is 12.1 Å². The van der Waals surface area contributed by atoms with Gasteiger partial charge in [0.15, 0.2) is 0 Å². The fraction of sp³-hybridized carbons (Fsp3) is 0.381. The summed E-state index contributed by atoms with van der Waals surface area (Å²) in [4.78, 5) is 12.2. The second kappa shape index (κ2) is 7.96. The van der Waals surface area contributed by atoms with Crippen LogP contribution in [0.3, 0.4) is 0 Å². The van der Waals surface area contributed by atoms with Crippen LogP contribution in [0, 0.1) is 11.8 Å². The van der Waals surface area contributed by atoms with Gasteiger partial charge in [-0.3, -0.25) is 4.79 Å². The topological polar surface area (TPSA) is 29.1 Å². The molecule has 2 aromatic rings. The first-order chi connectivity index (χ1) is 11.0. The van der Waals surface area contributed by atoms with Crippen LogP contribution in [0.2, 0.25) is 0 Å². The minimum atomic E-state index is 0.0184. The van der Waals surface area contributed by atoms with Crippen LogP contribution in [0.4, 0.5) is 11.4 Å². The van der Waals surface area contributed by atoms with Gasteiger partial charge in [-0.1, -0.05) is 64.1 Å². The zero-order valence-corrected chi connectivity index (χ0v) is 14.6. The highest BCUT2D eigenvalue weighted by Gasteiger charge is 2.12. The molecule has 2 aromatic carbocycles. The average molecular weight is 309 g/mol. The van der Waals surface area contributed by atoms with Gasteiger partial charge in [0.1, 0.15) is 0 Å². The molecular weight excluding hydrogens is 282 g/mol. The molecular formula is C21H27NO. The third-order valence-electron chi connectivity index (χ3n) is 3.75. The van der Waals surface area contributed by atoms with Gasteiger partial charge < -0.3 is 5.32 Å². The van der Waals surface area contributed by atoms with Crippen molar-refractivity contribution in [3.63, 3.8) is 0 Å². The first kappa shape index (κ1) is 17.3. The van der Waals surface area contributed by atoms with Crippen molar-refractivity contribution in [3.05, 3.63) is 69.9 Å². The molecule has 0 radical (unpaired) electrons. The Morgan fingerprint density at radius 2 is 1.35 bits per heavy atom. The van der Waals surface area contributed by atoms with Gasteiger partial charge in [-0.05, 0) is 47.9 Å². The van der Waals surface area contributed by atoms with E-state index in [0.717, 1.165) is 18.5 Å². The number of para-hydroxylation sites is 1. The Balaban J connectivity index is 2.48. The molecule has 0 heterocycles. The molecule has 0 aliphatic heterocycles. The number of anilines is 2. The van der Waals surface area contributed by atoms with Gasteiger partial charge in [0.05, 0.1) is 5.69 Å². The molecule has 122 valence electrons. The molecule has 0 bridgehead atoms. The van der Waals surface area contributed by atoms with E-state index in [4.69, 9.17) is 0 Å². The van der Waals surface area contributed by atoms with Gasteiger partial charge >= 0.3 is 0 Å². The molecule has 0 spiro atoms. The fourth-order valence-corrected chi connectivity index (χ4v) is 2.80. The lowest BCUT2D eigenvalue weighted by atomic mass is 9.94. The van der Waals surface area contributed by atoms with E-state index in [1.807, 2.05) is 18.2 Å². The van der Waals surface area contributed by atoms with Crippen LogP contribution in [-0.4, -0.2) is 0 Å². The van der Waals surface area contributed by atoms with E-state index < -0.39 is 0 Å². The van der Waals surface area contributed by atoms with Crippen molar-refractivity contribution >= 4 is 11.4 Å². The minimum absolute atomic E-state index is 0.0184. The molecule has 0 saturated heterocycles. The zero-order chi connectivity index (χ0) is 16.8. The van der Waals surface area contributed by atoms with E-state index in [-0.39, 0.29) is 5.43 Å². The highest BCUT2D eigenvalue weighted by molar-refractivity contribution is 5.67. The summed E-state index contributed by atoms with van der Waals surface area (Å²) in [5, 5.41) is 3.43. The molecule has 0 aliphatic rings. The second-order valence-corrected chi connectivity index (χ2v) is 6.96. The third-order valence-corrected chi connectivity index (χ3v) is 3.75. The van der Waals surface area contributed by atoms with E-state index in [9.17, 15) is 4.79 Å². The summed E-state index contributed by atoms with van der Waals surface area (Å²) in [6, 6.07) is 15.5. The third kappa shape index (κ3) is 4.95. The molecule has 0 aliphatic carbocycles. The quantitative estimate of drug-likeness (QED) is 0.796. The number of hydrogen-bond donors (Lipinski definition) is 1. The number of nitrogens with one attached hydrogen (secondary N) is 1. The number of benzene rings is 1. The van der Waals surface area contributed by atoms with Crippen LogP contribution < -0.4 is 10.7 Å². The van der Waals surface area contributed by atoms with Crippen LogP contribution in [0.15, 0.2) is 53.3 Å². The van der Waals surface area contributed by atoms with Crippen molar-refractivity contribution in [1.82, 2.24) is 0 Å². The van der Waals surface area contributed by atoms with Crippen LogP contribution in [0.1, 0.15) is 38.8 Å². The molecule has 0 aromatic heterocycles. The maximum Gasteiger partial charge on any atom is 0.201 e. The van der Waals surface area contributed by atoms with Crippen molar-refractivity contribution in [2.75, 3.05) is 5.32 Å². The lowest BCUT2D eigenvalue weighted by molar-refractivity contribution is 0.638. The van der Waals surface area contributed by atoms with Crippen molar-refractivity contribution < 1.29 is 0 Å². The maximum absolute atomic E-state index is 12.2. The summed E-state index contributed by atoms with van der Waals surface area (Å²) in [5.74, 6) is 1.15. The van der Waals surface area contributed by atoms with Gasteiger partial charge in [-0.15, -0.1) is 0 Å². The van der Waals surface area contributed by atoms with Gasteiger partial charge in [-0.25, -0.2) is 0 Å². The fourth-order valence-electron chi connectivity index (χ4n) is 2.80. The molecule has 2 heteroatoms. The summed E-state index contributed by atoms with van der Waals surface area (Å²) in [6.45, 7) is 8.89. The monoisotopic (exact) mass is 309 g/mol. The Labute approximate surface area is 139 Å². The van der Waals surface area contributed by atoms with E-state index in [1.165, 1.54) is 11.1 Å². The molecule has 2 rings (SSSR count). The Bertz CT molecular complexity index is 676. The average Bonchev–Trinajstić information content (AvgIpc) is 2.66. The molecule has 1 N–H and O–H groups in total. The van der Waals surface area contributed by atoms with Gasteiger partial charge in [0.25, 0.3) is 0 Å². The molecule has 0 fully saturated rings. The second-order valence-electron chi connectivity index (χ2n) is 6.96. The van der Waals surface area contributed by atoms with E-state index in [0.29, 0.717) is 17.5 Å². The SMILES string of the molecule is CC(C)Cc1cccc(CC(C)C)c1Nc1cccccc1=O. The Morgan fingerprint density at radius 1 is 0.783 bits per heavy atom. The summed E-state index contributed by atoms with van der Waals surface area (Å²) in [7, 11) is 0. The lowest BCUT2D eigenvalue weighted by Crippen LogP contribution is -2.10. The summed E-state index contributed by atoms with van der Waals surface area (Å²) in [6.07, 6.45) is 2.00. The molecule has 2 nitrogen and oxygen atoms in total. The maximum atomic E-state index is 12.2. The minimum Gasteiger partial charge on any atom is -0.352 e. The Morgan fingerprint density at radius 3 is 1.91 bits per heavy atom. The molecule has 0 unspecified atom stereocenters. The molecule has 0 amide bonds. The van der Waals surface area contributed by atoms with Crippen molar-refractivity contribution in [3.8, 4) is 0 Å². The highest BCUT2D eigenvalue weighted by Crippen LogP contribution is 2.28. The number of rotatable bonds is 6. The van der Waals surface area contributed by atoms with E-state index in [2.05, 4.69) is 51.2 Å². The molecule has 0 saturated carbocycles. The largest absolute Gasteiger partial charge is 0.352 e. The zero-order valence-electron chi connectivity index (χ0n) is 14.6. The standard InChI is InChI=1S/C21H27NO/c1-15(2)13-17-9-8-10-18(14-16(3)4)21(17)22-19-11-6-5-7-12-20(19)23/h5-12,15-16H,13-14H2,1-4H3,(H,22,23). The van der Waals surface area contributed by atoms with Crippen molar-refractivity contribution in [2.24, 2.45) is 11.8 Å². The van der Waals surface area contributed by atoms with Gasteiger partial charge in [0, 0.05) is 5.69 Å². The first-order valence-corrected chi connectivity index (χ1v) is 8.44. The summed E-state index contributed by atoms with van der Waals surface area (Å²) < 4.78 is 0.